The van der Waals surface area contributed by atoms with E-state index in [4.69, 9.17) is 10.3 Å². The van der Waals surface area contributed by atoms with Gasteiger partial charge in [0.2, 0.25) is 0 Å². The zero-order valence-corrected chi connectivity index (χ0v) is 15.2. The van der Waals surface area contributed by atoms with Crippen molar-refractivity contribution in [1.29, 1.82) is 0 Å². The fourth-order valence-corrected chi connectivity index (χ4v) is 2.45. The number of alkyl carbamates (subject to hydrolysis) is 1. The lowest BCUT2D eigenvalue weighted by molar-refractivity contribution is 0.0494. The number of azide groups is 1. The minimum atomic E-state index is -0.576. The van der Waals surface area contributed by atoms with Crippen molar-refractivity contribution in [2.24, 2.45) is 11.0 Å². The van der Waals surface area contributed by atoms with Crippen molar-refractivity contribution in [3.63, 3.8) is 0 Å². The third-order valence-electron chi connectivity index (χ3n) is 3.38. The van der Waals surface area contributed by atoms with Crippen LogP contribution < -0.4 is 5.32 Å². The largest absolute Gasteiger partial charge is 0.444 e. The fourth-order valence-electron chi connectivity index (χ4n) is 2.45. The highest BCUT2D eigenvalue weighted by atomic mass is 16.6. The summed E-state index contributed by atoms with van der Waals surface area (Å²) in [5.41, 5.74) is 9.39. The van der Waals surface area contributed by atoms with E-state index in [1.807, 2.05) is 51.1 Å². The van der Waals surface area contributed by atoms with E-state index < -0.39 is 11.7 Å². The smallest absolute Gasteiger partial charge is 0.407 e. The molecule has 0 aromatic heterocycles. The molecule has 0 saturated heterocycles. The number of nitrogens with one attached hydrogen (secondary N) is 1. The normalized spacial score (nSPS) is 13.8. The molecule has 0 aliphatic heterocycles. The van der Waals surface area contributed by atoms with Gasteiger partial charge in [-0.15, -0.1) is 0 Å². The van der Waals surface area contributed by atoms with Crippen molar-refractivity contribution in [2.75, 3.05) is 0 Å². The molecule has 1 N–H and O–H groups in total. The monoisotopic (exact) mass is 332 g/mol. The standard InChI is InChI=1S/C18H28N4O2/c1-13(2)11-16(21-22-19)15(12-14-9-7-6-8-10-14)20-17(23)24-18(3,4)5/h6-10,13,15-16H,11-12H2,1-5H3,(H,20,23)/t15-,16+/m1/s1. The predicted molar refractivity (Wildman–Crippen MR) is 95.7 cm³/mol. The quantitative estimate of drug-likeness (QED) is 0.439. The molecule has 0 saturated carbocycles. The molecule has 0 radical (unpaired) electrons. The van der Waals surface area contributed by atoms with Crippen LogP contribution in [-0.2, 0) is 11.2 Å². The molecule has 0 heterocycles. The molecule has 6 nitrogen and oxygen atoms in total. The summed E-state index contributed by atoms with van der Waals surface area (Å²) >= 11 is 0. The van der Waals surface area contributed by atoms with Crippen molar-refractivity contribution in [3.8, 4) is 0 Å². The van der Waals surface area contributed by atoms with Gasteiger partial charge >= 0.3 is 6.09 Å². The Balaban J connectivity index is 2.96. The van der Waals surface area contributed by atoms with E-state index in [9.17, 15) is 4.79 Å². The van der Waals surface area contributed by atoms with Crippen LogP contribution in [0.2, 0.25) is 0 Å². The lowest BCUT2D eigenvalue weighted by Gasteiger charge is -2.28. The van der Waals surface area contributed by atoms with Crippen molar-refractivity contribution < 1.29 is 9.53 Å². The molecule has 1 amide bonds. The van der Waals surface area contributed by atoms with Crippen LogP contribution in [0.1, 0.15) is 46.6 Å². The number of ether oxygens (including phenoxy) is 1. The van der Waals surface area contributed by atoms with Crippen molar-refractivity contribution in [3.05, 3.63) is 46.3 Å². The number of hydrogen-bond acceptors (Lipinski definition) is 3. The zero-order valence-electron chi connectivity index (χ0n) is 15.2. The highest BCUT2D eigenvalue weighted by molar-refractivity contribution is 5.68. The number of amides is 1. The molecule has 132 valence electrons. The van der Waals surface area contributed by atoms with Crippen molar-refractivity contribution >= 4 is 6.09 Å². The van der Waals surface area contributed by atoms with Crippen molar-refractivity contribution in [1.82, 2.24) is 5.32 Å². The Morgan fingerprint density at radius 1 is 1.29 bits per heavy atom. The van der Waals surface area contributed by atoms with Gasteiger partial charge in [-0.3, -0.25) is 0 Å². The topological polar surface area (TPSA) is 87.1 Å². The lowest BCUT2D eigenvalue weighted by atomic mass is 9.93. The van der Waals surface area contributed by atoms with Crippen LogP contribution in [0.4, 0.5) is 4.79 Å². The number of rotatable bonds is 7. The Morgan fingerprint density at radius 2 is 1.92 bits per heavy atom. The summed E-state index contributed by atoms with van der Waals surface area (Å²) in [6.07, 6.45) is 0.777. The van der Waals surface area contributed by atoms with E-state index >= 15 is 0 Å². The SMILES string of the molecule is CC(C)C[C@H](N=[N+]=[N-])[C@@H](Cc1ccccc1)NC(=O)OC(C)(C)C. The van der Waals surface area contributed by atoms with E-state index in [1.54, 1.807) is 0 Å². The van der Waals surface area contributed by atoms with E-state index in [0.29, 0.717) is 18.8 Å². The summed E-state index contributed by atoms with van der Waals surface area (Å²) in [6, 6.07) is 9.18. The lowest BCUT2D eigenvalue weighted by Crippen LogP contribution is -2.46. The Hall–Kier alpha value is -2.20. The first kappa shape index (κ1) is 19.8. The minimum Gasteiger partial charge on any atom is -0.444 e. The molecule has 0 bridgehead atoms. The molecule has 1 aromatic rings. The Morgan fingerprint density at radius 3 is 2.42 bits per heavy atom. The zero-order chi connectivity index (χ0) is 18.2. The predicted octanol–water partition coefficient (Wildman–Crippen LogP) is 4.85. The van der Waals surface area contributed by atoms with Crippen LogP contribution in [0.3, 0.4) is 0 Å². The van der Waals surface area contributed by atoms with Crippen LogP contribution in [0.15, 0.2) is 35.4 Å². The second-order valence-corrected chi connectivity index (χ2v) is 7.34. The number of benzene rings is 1. The molecule has 6 heteroatoms. The average molecular weight is 332 g/mol. The van der Waals surface area contributed by atoms with Gasteiger partial charge in [-0.1, -0.05) is 49.3 Å². The summed E-state index contributed by atoms with van der Waals surface area (Å²) in [7, 11) is 0. The number of hydrogen-bond donors (Lipinski definition) is 1. The molecule has 2 atom stereocenters. The number of carbonyl (C=O) groups is 1. The molecule has 24 heavy (non-hydrogen) atoms. The van der Waals surface area contributed by atoms with E-state index in [0.717, 1.165) is 5.56 Å². The van der Waals surface area contributed by atoms with Crippen LogP contribution in [0, 0.1) is 5.92 Å². The molecular formula is C18H28N4O2. The molecule has 0 fully saturated rings. The van der Waals surface area contributed by atoms with Crippen LogP contribution in [-0.4, -0.2) is 23.8 Å². The highest BCUT2D eigenvalue weighted by Crippen LogP contribution is 2.17. The Bertz CT molecular complexity index is 560. The summed E-state index contributed by atoms with van der Waals surface area (Å²) in [5, 5.41) is 6.81. The van der Waals surface area contributed by atoms with Crippen LogP contribution in [0.5, 0.6) is 0 Å². The molecule has 0 aliphatic rings. The summed E-state index contributed by atoms with van der Waals surface area (Å²) in [6.45, 7) is 9.58. The second kappa shape index (κ2) is 9.18. The maximum Gasteiger partial charge on any atom is 0.407 e. The van der Waals surface area contributed by atoms with Gasteiger partial charge in [-0.2, -0.15) is 0 Å². The summed E-state index contributed by atoms with van der Waals surface area (Å²) < 4.78 is 5.35. The maximum absolute atomic E-state index is 12.2. The van der Waals surface area contributed by atoms with Gasteiger partial charge in [0.15, 0.2) is 0 Å². The molecule has 1 rings (SSSR count). The maximum atomic E-state index is 12.2. The summed E-state index contributed by atoms with van der Waals surface area (Å²) in [4.78, 5) is 15.2. The average Bonchev–Trinajstić information content (AvgIpc) is 2.45. The second-order valence-electron chi connectivity index (χ2n) is 7.34. The summed E-state index contributed by atoms with van der Waals surface area (Å²) in [5.74, 6) is 0.346. The fraction of sp³-hybridized carbons (Fsp3) is 0.611. The van der Waals surface area contributed by atoms with E-state index in [1.165, 1.54) is 0 Å². The van der Waals surface area contributed by atoms with E-state index in [2.05, 4.69) is 29.2 Å². The van der Waals surface area contributed by atoms with Crippen LogP contribution >= 0.6 is 0 Å². The first-order chi connectivity index (χ1) is 11.2. The molecule has 0 spiro atoms. The first-order valence-electron chi connectivity index (χ1n) is 8.29. The Kier molecular flexibility index (Phi) is 7.59. The van der Waals surface area contributed by atoms with Gasteiger partial charge < -0.3 is 10.1 Å². The molecule has 0 aliphatic carbocycles. The first-order valence-corrected chi connectivity index (χ1v) is 8.29. The molecular weight excluding hydrogens is 304 g/mol. The van der Waals surface area contributed by atoms with Gasteiger partial charge in [0.05, 0.1) is 6.04 Å². The van der Waals surface area contributed by atoms with Gasteiger partial charge in [0.1, 0.15) is 5.60 Å². The van der Waals surface area contributed by atoms with Crippen molar-refractivity contribution in [2.45, 2.75) is 65.1 Å². The van der Waals surface area contributed by atoms with Crippen LogP contribution in [0.25, 0.3) is 10.4 Å². The number of nitrogens with zero attached hydrogens (tertiary/aromatic N) is 3. The molecule has 0 unspecified atom stereocenters. The highest BCUT2D eigenvalue weighted by Gasteiger charge is 2.26. The van der Waals surface area contributed by atoms with Gasteiger partial charge in [-0.05, 0) is 50.6 Å². The molecule has 1 aromatic carbocycles. The van der Waals surface area contributed by atoms with Gasteiger partial charge in [-0.25, -0.2) is 4.79 Å². The third-order valence-corrected chi connectivity index (χ3v) is 3.38. The van der Waals surface area contributed by atoms with Gasteiger partial charge in [0.25, 0.3) is 0 Å². The third kappa shape index (κ3) is 7.88. The minimum absolute atomic E-state index is 0.319. The van der Waals surface area contributed by atoms with Gasteiger partial charge in [0, 0.05) is 11.0 Å². The van der Waals surface area contributed by atoms with E-state index in [-0.39, 0.29) is 12.1 Å². The number of carbonyl (C=O) groups excluding carboxylic acids is 1. The Labute approximate surface area is 144 Å².